The third kappa shape index (κ3) is 4.28. The van der Waals surface area contributed by atoms with Gasteiger partial charge in [0.1, 0.15) is 0 Å². The first-order valence-corrected chi connectivity index (χ1v) is 11.5. The summed E-state index contributed by atoms with van der Waals surface area (Å²) in [7, 11) is 0. The average molecular weight is 411 g/mol. The van der Waals surface area contributed by atoms with Gasteiger partial charge >= 0.3 is 0 Å². The van der Waals surface area contributed by atoms with Gasteiger partial charge in [0.25, 0.3) is 0 Å². The molecule has 0 saturated carbocycles. The Kier molecular flexibility index (Phi) is 5.86. The van der Waals surface area contributed by atoms with E-state index in [4.69, 9.17) is 0 Å². The van der Waals surface area contributed by atoms with Gasteiger partial charge in [0.05, 0.1) is 5.92 Å². The zero-order chi connectivity index (χ0) is 21.0. The van der Waals surface area contributed by atoms with Crippen LogP contribution in [0.15, 0.2) is 84.9 Å². The van der Waals surface area contributed by atoms with Crippen LogP contribution in [-0.2, 0) is 17.8 Å². The summed E-state index contributed by atoms with van der Waals surface area (Å²) in [6.07, 6.45) is 3.26. The lowest BCUT2D eigenvalue weighted by molar-refractivity contribution is -0.133. The first kappa shape index (κ1) is 20.0. The van der Waals surface area contributed by atoms with Crippen molar-refractivity contribution >= 4 is 5.91 Å². The predicted octanol–water partition coefficient (Wildman–Crippen LogP) is 4.87. The van der Waals surface area contributed by atoms with Crippen molar-refractivity contribution in [3.05, 3.63) is 107 Å². The van der Waals surface area contributed by atoms with Crippen LogP contribution >= 0.6 is 0 Å². The molecule has 0 radical (unpaired) electrons. The molecule has 1 saturated heterocycles. The van der Waals surface area contributed by atoms with E-state index >= 15 is 0 Å². The lowest BCUT2D eigenvalue weighted by Crippen LogP contribution is -2.49. The molecule has 0 N–H and O–H groups in total. The number of hydrogen-bond acceptors (Lipinski definition) is 2. The molecule has 2 aliphatic heterocycles. The Hall–Kier alpha value is -2.91. The SMILES string of the molecule is O=C(C(c1ccccc1)c1ccccc1)N1CCC(N2CCc3ccccc3C2)CC1. The van der Waals surface area contributed by atoms with Crippen LogP contribution in [-0.4, -0.2) is 41.4 Å². The van der Waals surface area contributed by atoms with E-state index in [0.717, 1.165) is 56.6 Å². The van der Waals surface area contributed by atoms with Gasteiger partial charge in [-0.25, -0.2) is 0 Å². The predicted molar refractivity (Wildman–Crippen MR) is 125 cm³/mol. The van der Waals surface area contributed by atoms with E-state index in [1.165, 1.54) is 11.1 Å². The molecular weight excluding hydrogens is 380 g/mol. The van der Waals surface area contributed by atoms with Gasteiger partial charge in [-0.05, 0) is 41.5 Å². The number of likely N-dealkylation sites (tertiary alicyclic amines) is 1. The minimum atomic E-state index is -0.221. The topological polar surface area (TPSA) is 23.6 Å². The van der Waals surface area contributed by atoms with Crippen molar-refractivity contribution in [3.63, 3.8) is 0 Å². The van der Waals surface area contributed by atoms with Crippen LogP contribution in [0.2, 0.25) is 0 Å². The molecule has 2 aliphatic rings. The van der Waals surface area contributed by atoms with Crippen LogP contribution in [0.5, 0.6) is 0 Å². The number of benzene rings is 3. The van der Waals surface area contributed by atoms with Gasteiger partial charge in [-0.3, -0.25) is 9.69 Å². The fourth-order valence-electron chi connectivity index (χ4n) is 5.23. The molecule has 5 rings (SSSR count). The molecule has 0 atom stereocenters. The van der Waals surface area contributed by atoms with Crippen molar-refractivity contribution < 1.29 is 4.79 Å². The summed E-state index contributed by atoms with van der Waals surface area (Å²) in [5.41, 5.74) is 5.13. The zero-order valence-electron chi connectivity index (χ0n) is 18.0. The molecule has 0 bridgehead atoms. The van der Waals surface area contributed by atoms with Gasteiger partial charge in [0.2, 0.25) is 5.91 Å². The van der Waals surface area contributed by atoms with Gasteiger partial charge in [-0.2, -0.15) is 0 Å². The highest BCUT2D eigenvalue weighted by molar-refractivity contribution is 5.87. The molecule has 158 valence electrons. The van der Waals surface area contributed by atoms with Gasteiger partial charge in [-0.1, -0.05) is 84.9 Å². The number of carbonyl (C=O) groups excluding carboxylic acids is 1. The molecule has 0 spiro atoms. The van der Waals surface area contributed by atoms with Crippen molar-refractivity contribution in [3.8, 4) is 0 Å². The lowest BCUT2D eigenvalue weighted by atomic mass is 9.89. The molecule has 31 heavy (non-hydrogen) atoms. The third-order valence-corrected chi connectivity index (χ3v) is 6.97. The van der Waals surface area contributed by atoms with Crippen molar-refractivity contribution in [2.24, 2.45) is 0 Å². The normalized spacial score (nSPS) is 17.5. The summed E-state index contributed by atoms with van der Waals surface area (Å²) in [5.74, 6) is 0.0145. The molecule has 3 aromatic rings. The van der Waals surface area contributed by atoms with Crippen LogP contribution in [0, 0.1) is 0 Å². The molecule has 3 heteroatoms. The molecule has 2 heterocycles. The highest BCUT2D eigenvalue weighted by Crippen LogP contribution is 2.30. The summed E-state index contributed by atoms with van der Waals surface area (Å²) in [6.45, 7) is 3.87. The van der Waals surface area contributed by atoms with E-state index in [2.05, 4.69) is 58.3 Å². The highest BCUT2D eigenvalue weighted by Gasteiger charge is 2.32. The average Bonchev–Trinajstić information content (AvgIpc) is 2.85. The first-order chi connectivity index (χ1) is 15.3. The van der Waals surface area contributed by atoms with Crippen molar-refractivity contribution in [1.29, 1.82) is 0 Å². The van der Waals surface area contributed by atoms with Crippen LogP contribution in [0.4, 0.5) is 0 Å². The lowest BCUT2D eigenvalue weighted by Gasteiger charge is -2.41. The number of hydrogen-bond donors (Lipinski definition) is 0. The Morgan fingerprint density at radius 1 is 0.710 bits per heavy atom. The van der Waals surface area contributed by atoms with Gasteiger partial charge in [-0.15, -0.1) is 0 Å². The van der Waals surface area contributed by atoms with Gasteiger partial charge in [0.15, 0.2) is 0 Å². The first-order valence-electron chi connectivity index (χ1n) is 11.5. The Morgan fingerprint density at radius 3 is 1.87 bits per heavy atom. The van der Waals surface area contributed by atoms with Gasteiger partial charge < -0.3 is 4.90 Å². The second-order valence-electron chi connectivity index (χ2n) is 8.80. The Bertz CT molecular complexity index is 970. The number of fused-ring (bicyclic) bond motifs is 1. The van der Waals surface area contributed by atoms with E-state index in [-0.39, 0.29) is 11.8 Å². The fourth-order valence-corrected chi connectivity index (χ4v) is 5.23. The smallest absolute Gasteiger partial charge is 0.234 e. The van der Waals surface area contributed by atoms with Crippen molar-refractivity contribution in [1.82, 2.24) is 9.80 Å². The van der Waals surface area contributed by atoms with Gasteiger partial charge in [0, 0.05) is 32.2 Å². The zero-order valence-corrected chi connectivity index (χ0v) is 18.0. The highest BCUT2D eigenvalue weighted by atomic mass is 16.2. The van der Waals surface area contributed by atoms with E-state index in [0.29, 0.717) is 6.04 Å². The van der Waals surface area contributed by atoms with Crippen LogP contribution in [0.3, 0.4) is 0 Å². The molecule has 3 aromatic carbocycles. The standard InChI is InChI=1S/C28H30N2O/c31-28(27(23-10-3-1-4-11-23)24-12-5-2-6-13-24)29-19-16-26(17-20-29)30-18-15-22-9-7-8-14-25(22)21-30/h1-14,26-27H,15-21H2. The Labute approximate surface area is 185 Å². The van der Waals surface area contributed by atoms with Crippen LogP contribution in [0.25, 0.3) is 0 Å². The molecule has 0 aromatic heterocycles. The Balaban J connectivity index is 1.28. The number of amides is 1. The summed E-state index contributed by atoms with van der Waals surface area (Å²) < 4.78 is 0. The van der Waals surface area contributed by atoms with Crippen LogP contribution in [0.1, 0.15) is 41.0 Å². The van der Waals surface area contributed by atoms with Crippen LogP contribution < -0.4 is 0 Å². The van der Waals surface area contributed by atoms with E-state index in [1.54, 1.807) is 0 Å². The van der Waals surface area contributed by atoms with Crippen molar-refractivity contribution in [2.75, 3.05) is 19.6 Å². The Morgan fingerprint density at radius 2 is 1.26 bits per heavy atom. The second-order valence-corrected chi connectivity index (χ2v) is 8.80. The third-order valence-electron chi connectivity index (χ3n) is 6.97. The van der Waals surface area contributed by atoms with E-state index in [1.807, 2.05) is 36.4 Å². The summed E-state index contributed by atoms with van der Waals surface area (Å²) in [6, 6.07) is 29.8. The molecule has 1 amide bonds. The summed E-state index contributed by atoms with van der Waals surface area (Å²) >= 11 is 0. The maximum Gasteiger partial charge on any atom is 0.234 e. The minimum absolute atomic E-state index is 0.221. The minimum Gasteiger partial charge on any atom is -0.342 e. The number of rotatable bonds is 4. The van der Waals surface area contributed by atoms with E-state index in [9.17, 15) is 4.79 Å². The second kappa shape index (κ2) is 9.07. The molecule has 3 nitrogen and oxygen atoms in total. The van der Waals surface area contributed by atoms with E-state index < -0.39 is 0 Å². The number of piperidine rings is 1. The molecule has 1 fully saturated rings. The molecule has 0 unspecified atom stereocenters. The summed E-state index contributed by atoms with van der Waals surface area (Å²) in [4.78, 5) is 18.4. The number of nitrogens with zero attached hydrogens (tertiary/aromatic N) is 2. The quantitative estimate of drug-likeness (QED) is 0.613. The maximum atomic E-state index is 13.7. The summed E-state index contributed by atoms with van der Waals surface area (Å²) in [5, 5.41) is 0. The monoisotopic (exact) mass is 410 g/mol. The molecule has 0 aliphatic carbocycles. The maximum absolute atomic E-state index is 13.7. The number of carbonyl (C=O) groups is 1. The molecular formula is C28H30N2O. The van der Waals surface area contributed by atoms with Crippen molar-refractivity contribution in [2.45, 2.75) is 37.8 Å². The largest absolute Gasteiger partial charge is 0.342 e. The fraction of sp³-hybridized carbons (Fsp3) is 0.321.